The van der Waals surface area contributed by atoms with Crippen LogP contribution in [0.25, 0.3) is 0 Å². The summed E-state index contributed by atoms with van der Waals surface area (Å²) in [7, 11) is 1.60. The van der Waals surface area contributed by atoms with E-state index in [1.165, 1.54) is 4.90 Å². The van der Waals surface area contributed by atoms with Crippen LogP contribution in [0.5, 0.6) is 5.75 Å². The molecule has 2 aliphatic heterocycles. The summed E-state index contributed by atoms with van der Waals surface area (Å²) in [6.07, 6.45) is 0. The lowest BCUT2D eigenvalue weighted by molar-refractivity contribution is 0.0746. The molecule has 5 rings (SSSR count). The number of hydrogen-bond acceptors (Lipinski definition) is 5. The van der Waals surface area contributed by atoms with E-state index in [1.807, 2.05) is 17.0 Å². The van der Waals surface area contributed by atoms with E-state index in [-0.39, 0.29) is 17.7 Å². The molecule has 3 amide bonds. The van der Waals surface area contributed by atoms with Crippen LogP contribution in [0.15, 0.2) is 72.8 Å². The minimum atomic E-state index is -0.297. The Morgan fingerprint density at radius 1 is 0.727 bits per heavy atom. The highest BCUT2D eigenvalue weighted by atomic mass is 16.5. The van der Waals surface area contributed by atoms with E-state index in [2.05, 4.69) is 4.90 Å². The Bertz CT molecular complexity index is 1180. The number of nitrogens with zero attached hydrogens (tertiary/aromatic N) is 3. The van der Waals surface area contributed by atoms with Crippen molar-refractivity contribution >= 4 is 29.1 Å². The quantitative estimate of drug-likeness (QED) is 0.580. The van der Waals surface area contributed by atoms with E-state index < -0.39 is 0 Å². The minimum Gasteiger partial charge on any atom is -0.497 e. The summed E-state index contributed by atoms with van der Waals surface area (Å²) in [6, 6.07) is 21.5. The monoisotopic (exact) mass is 441 g/mol. The average molecular weight is 441 g/mol. The van der Waals surface area contributed by atoms with Crippen LogP contribution in [-0.2, 0) is 0 Å². The maximum atomic E-state index is 12.8. The molecular weight excluding hydrogens is 418 g/mol. The van der Waals surface area contributed by atoms with Gasteiger partial charge >= 0.3 is 0 Å². The summed E-state index contributed by atoms with van der Waals surface area (Å²) < 4.78 is 5.15. The molecule has 33 heavy (non-hydrogen) atoms. The van der Waals surface area contributed by atoms with Gasteiger partial charge in [-0.2, -0.15) is 0 Å². The number of carbonyl (C=O) groups excluding carboxylic acids is 3. The highest BCUT2D eigenvalue weighted by molar-refractivity contribution is 6.34. The number of methoxy groups -OCH3 is 1. The Labute approximate surface area is 191 Å². The van der Waals surface area contributed by atoms with Crippen molar-refractivity contribution in [2.24, 2.45) is 0 Å². The summed E-state index contributed by atoms with van der Waals surface area (Å²) in [4.78, 5) is 43.5. The molecule has 7 heteroatoms. The summed E-state index contributed by atoms with van der Waals surface area (Å²) in [5.41, 5.74) is 3.06. The molecule has 0 radical (unpaired) electrons. The third-order valence-electron chi connectivity index (χ3n) is 6.17. The molecule has 2 heterocycles. The van der Waals surface area contributed by atoms with Crippen LogP contribution in [-0.4, -0.2) is 55.9 Å². The highest BCUT2D eigenvalue weighted by Crippen LogP contribution is 2.30. The van der Waals surface area contributed by atoms with Gasteiger partial charge in [0.25, 0.3) is 17.7 Å². The number of anilines is 2. The number of rotatable bonds is 4. The van der Waals surface area contributed by atoms with Gasteiger partial charge in [-0.15, -0.1) is 0 Å². The van der Waals surface area contributed by atoms with Crippen molar-refractivity contribution < 1.29 is 19.1 Å². The van der Waals surface area contributed by atoms with E-state index in [9.17, 15) is 14.4 Å². The topological polar surface area (TPSA) is 70.2 Å². The molecule has 166 valence electrons. The summed E-state index contributed by atoms with van der Waals surface area (Å²) in [5.74, 6) is 0.141. The molecule has 0 saturated carbocycles. The molecule has 2 aliphatic rings. The second-order valence-corrected chi connectivity index (χ2v) is 8.02. The van der Waals surface area contributed by atoms with Crippen LogP contribution in [0.2, 0.25) is 0 Å². The molecule has 3 aromatic carbocycles. The van der Waals surface area contributed by atoms with Gasteiger partial charge in [0, 0.05) is 37.4 Å². The predicted molar refractivity (Wildman–Crippen MR) is 125 cm³/mol. The van der Waals surface area contributed by atoms with Crippen molar-refractivity contribution in [3.63, 3.8) is 0 Å². The highest BCUT2D eigenvalue weighted by Gasteiger charge is 2.36. The predicted octanol–water partition coefficient (Wildman–Crippen LogP) is 3.46. The van der Waals surface area contributed by atoms with E-state index in [0.29, 0.717) is 48.6 Å². The Hall–Kier alpha value is -4.13. The molecule has 0 aliphatic carbocycles. The number of amides is 3. The van der Waals surface area contributed by atoms with Gasteiger partial charge in [0.05, 0.1) is 23.9 Å². The molecule has 0 aromatic heterocycles. The summed E-state index contributed by atoms with van der Waals surface area (Å²) >= 11 is 0. The SMILES string of the molecule is COc1ccc(C(=O)N2CCN(c3ccc(N4C(=O)c5ccccc5C4=O)cc3)CC2)cc1. The van der Waals surface area contributed by atoms with Crippen molar-refractivity contribution in [1.29, 1.82) is 0 Å². The molecule has 3 aromatic rings. The molecule has 7 nitrogen and oxygen atoms in total. The fourth-order valence-electron chi connectivity index (χ4n) is 4.32. The molecule has 0 bridgehead atoms. The van der Waals surface area contributed by atoms with Gasteiger partial charge < -0.3 is 14.5 Å². The molecule has 0 spiro atoms. The van der Waals surface area contributed by atoms with Crippen LogP contribution in [0, 0.1) is 0 Å². The van der Waals surface area contributed by atoms with E-state index >= 15 is 0 Å². The smallest absolute Gasteiger partial charge is 0.266 e. The third-order valence-corrected chi connectivity index (χ3v) is 6.17. The first-order chi connectivity index (χ1) is 16.1. The number of carbonyl (C=O) groups is 3. The first-order valence-electron chi connectivity index (χ1n) is 10.8. The van der Waals surface area contributed by atoms with Crippen LogP contribution >= 0.6 is 0 Å². The molecular formula is C26H23N3O4. The second kappa shape index (κ2) is 8.43. The van der Waals surface area contributed by atoms with E-state index in [0.717, 1.165) is 11.4 Å². The van der Waals surface area contributed by atoms with Gasteiger partial charge in [-0.25, -0.2) is 4.90 Å². The second-order valence-electron chi connectivity index (χ2n) is 8.02. The normalized spacial score (nSPS) is 15.6. The number of hydrogen-bond donors (Lipinski definition) is 0. The van der Waals surface area contributed by atoms with Crippen LogP contribution in [0.3, 0.4) is 0 Å². The lowest BCUT2D eigenvalue weighted by Crippen LogP contribution is -2.48. The van der Waals surface area contributed by atoms with Crippen LogP contribution < -0.4 is 14.5 Å². The van der Waals surface area contributed by atoms with Crippen molar-refractivity contribution in [1.82, 2.24) is 4.90 Å². The van der Waals surface area contributed by atoms with Gasteiger partial charge in [-0.1, -0.05) is 12.1 Å². The van der Waals surface area contributed by atoms with Crippen molar-refractivity contribution in [3.05, 3.63) is 89.5 Å². The summed E-state index contributed by atoms with van der Waals surface area (Å²) in [5, 5.41) is 0. The first-order valence-corrected chi connectivity index (χ1v) is 10.8. The van der Waals surface area contributed by atoms with Gasteiger partial charge in [0.1, 0.15) is 5.75 Å². The molecule has 1 fully saturated rings. The maximum absolute atomic E-state index is 12.8. The molecule has 0 unspecified atom stereocenters. The van der Waals surface area contributed by atoms with E-state index in [1.54, 1.807) is 67.8 Å². The van der Waals surface area contributed by atoms with Crippen molar-refractivity contribution in [2.75, 3.05) is 43.1 Å². The first kappa shape index (κ1) is 20.8. The fourth-order valence-corrected chi connectivity index (χ4v) is 4.32. The molecule has 0 N–H and O–H groups in total. The zero-order valence-electron chi connectivity index (χ0n) is 18.2. The largest absolute Gasteiger partial charge is 0.497 e. The van der Waals surface area contributed by atoms with E-state index in [4.69, 9.17) is 4.74 Å². The number of imide groups is 1. The maximum Gasteiger partial charge on any atom is 0.266 e. The van der Waals surface area contributed by atoms with Gasteiger partial charge in [-0.05, 0) is 60.7 Å². The lowest BCUT2D eigenvalue weighted by Gasteiger charge is -2.36. The number of benzene rings is 3. The minimum absolute atomic E-state index is 0.0123. The number of piperazine rings is 1. The Morgan fingerprint density at radius 2 is 1.27 bits per heavy atom. The van der Waals surface area contributed by atoms with Crippen molar-refractivity contribution in [3.8, 4) is 5.75 Å². The third kappa shape index (κ3) is 3.71. The molecule has 1 saturated heterocycles. The van der Waals surface area contributed by atoms with Gasteiger partial charge in [0.15, 0.2) is 0 Å². The number of ether oxygens (including phenoxy) is 1. The Morgan fingerprint density at radius 3 is 1.82 bits per heavy atom. The fraction of sp³-hybridized carbons (Fsp3) is 0.192. The summed E-state index contributed by atoms with van der Waals surface area (Å²) in [6.45, 7) is 2.64. The Kier molecular flexibility index (Phi) is 5.30. The average Bonchev–Trinajstić information content (AvgIpc) is 3.14. The molecule has 0 atom stereocenters. The lowest BCUT2D eigenvalue weighted by atomic mass is 10.1. The van der Waals surface area contributed by atoms with Crippen LogP contribution in [0.1, 0.15) is 31.1 Å². The Balaban J connectivity index is 1.24. The van der Waals surface area contributed by atoms with Gasteiger partial charge in [-0.3, -0.25) is 14.4 Å². The van der Waals surface area contributed by atoms with Crippen molar-refractivity contribution in [2.45, 2.75) is 0 Å². The standard InChI is InChI=1S/C26H23N3O4/c1-33-21-12-6-18(7-13-21)24(30)28-16-14-27(15-17-28)19-8-10-20(11-9-19)29-25(31)22-4-2-3-5-23(22)26(29)32/h2-13H,14-17H2,1H3. The zero-order chi connectivity index (χ0) is 22.9. The zero-order valence-corrected chi connectivity index (χ0v) is 18.2. The van der Waals surface area contributed by atoms with Gasteiger partial charge in [0.2, 0.25) is 0 Å². The number of fused-ring (bicyclic) bond motifs is 1. The van der Waals surface area contributed by atoms with Crippen LogP contribution in [0.4, 0.5) is 11.4 Å².